The predicted molar refractivity (Wildman–Crippen MR) is 60.6 cm³/mol. The van der Waals surface area contributed by atoms with Gasteiger partial charge in [0.1, 0.15) is 11.8 Å². The average molecular weight is 218 g/mol. The summed E-state index contributed by atoms with van der Waals surface area (Å²) in [5, 5.41) is 0. The molecule has 6 heteroatoms. The monoisotopic (exact) mass is 218 g/mol. The number of hydrogen-bond donors (Lipinski definition) is 2. The summed E-state index contributed by atoms with van der Waals surface area (Å²) >= 11 is 0. The summed E-state index contributed by atoms with van der Waals surface area (Å²) in [6, 6.07) is 0.480. The minimum absolute atomic E-state index is 0.189. The third kappa shape index (κ3) is 1.26. The second-order valence-corrected chi connectivity index (χ2v) is 4.25. The molecule has 0 aromatic carbocycles. The van der Waals surface area contributed by atoms with Gasteiger partial charge in [0.2, 0.25) is 0 Å². The molecular formula is C10H14N6. The largest absolute Gasteiger partial charge is 0.382 e. The number of hydrogen-bond acceptors (Lipinski definition) is 5. The van der Waals surface area contributed by atoms with Crippen LogP contribution in [-0.4, -0.2) is 25.6 Å². The van der Waals surface area contributed by atoms with E-state index >= 15 is 0 Å². The number of aromatic nitrogens is 4. The van der Waals surface area contributed by atoms with Gasteiger partial charge in [0.15, 0.2) is 11.5 Å². The van der Waals surface area contributed by atoms with Crippen LogP contribution < -0.4 is 11.5 Å². The Morgan fingerprint density at radius 2 is 2.12 bits per heavy atom. The molecule has 2 atom stereocenters. The Hall–Kier alpha value is -1.69. The molecule has 0 amide bonds. The van der Waals surface area contributed by atoms with Crippen LogP contribution in [0.4, 0.5) is 5.82 Å². The topological polar surface area (TPSA) is 95.6 Å². The summed E-state index contributed by atoms with van der Waals surface area (Å²) in [6.07, 6.45) is 6.54. The van der Waals surface area contributed by atoms with Crippen LogP contribution in [0.15, 0.2) is 12.7 Å². The predicted octanol–water partition coefficient (Wildman–Crippen LogP) is 0.461. The Morgan fingerprint density at radius 1 is 1.25 bits per heavy atom. The molecule has 16 heavy (non-hydrogen) atoms. The Bertz CT molecular complexity index is 519. The van der Waals surface area contributed by atoms with Crippen LogP contribution in [0.1, 0.15) is 25.3 Å². The molecule has 84 valence electrons. The standard InChI is InChI=1S/C10H14N6/c11-6-2-1-3-7(6)16-5-15-8-9(12)13-4-14-10(8)16/h4-7H,1-3,11H2,(H2,12,13,14)/t6-,7+/m0/s1. The SMILES string of the molecule is Nc1ncnc2c1ncn2[C@@H]1CCC[C@@H]1N. The van der Waals surface area contributed by atoms with Gasteiger partial charge in [-0.05, 0) is 19.3 Å². The highest BCUT2D eigenvalue weighted by Gasteiger charge is 2.27. The second kappa shape index (κ2) is 3.41. The summed E-state index contributed by atoms with van der Waals surface area (Å²) in [5.41, 5.74) is 13.3. The van der Waals surface area contributed by atoms with Gasteiger partial charge < -0.3 is 16.0 Å². The van der Waals surface area contributed by atoms with E-state index in [1.807, 2.05) is 4.57 Å². The normalized spacial score (nSPS) is 25.3. The number of fused-ring (bicyclic) bond motifs is 1. The molecule has 0 saturated heterocycles. The molecule has 0 spiro atoms. The highest BCUT2D eigenvalue weighted by molar-refractivity contribution is 5.81. The fourth-order valence-corrected chi connectivity index (χ4v) is 2.43. The molecular weight excluding hydrogens is 204 g/mol. The minimum atomic E-state index is 0.189. The van der Waals surface area contributed by atoms with Crippen LogP contribution in [-0.2, 0) is 0 Å². The van der Waals surface area contributed by atoms with Crippen molar-refractivity contribution in [2.45, 2.75) is 31.3 Å². The van der Waals surface area contributed by atoms with Gasteiger partial charge in [0.25, 0.3) is 0 Å². The summed E-state index contributed by atoms with van der Waals surface area (Å²) in [5.74, 6) is 0.426. The van der Waals surface area contributed by atoms with Crippen molar-refractivity contribution in [1.82, 2.24) is 19.5 Å². The van der Waals surface area contributed by atoms with Crippen LogP contribution in [0.5, 0.6) is 0 Å². The first-order valence-electron chi connectivity index (χ1n) is 5.46. The van der Waals surface area contributed by atoms with Crippen molar-refractivity contribution >= 4 is 17.0 Å². The van der Waals surface area contributed by atoms with E-state index in [0.29, 0.717) is 17.4 Å². The van der Waals surface area contributed by atoms with Crippen LogP contribution in [0, 0.1) is 0 Å². The molecule has 2 aromatic heterocycles. The van der Waals surface area contributed by atoms with E-state index in [-0.39, 0.29) is 6.04 Å². The Balaban J connectivity index is 2.14. The van der Waals surface area contributed by atoms with Crippen LogP contribution in [0.3, 0.4) is 0 Å². The van der Waals surface area contributed by atoms with Crippen molar-refractivity contribution < 1.29 is 0 Å². The summed E-state index contributed by atoms with van der Waals surface area (Å²) in [6.45, 7) is 0. The zero-order valence-corrected chi connectivity index (χ0v) is 8.87. The van der Waals surface area contributed by atoms with Gasteiger partial charge in [-0.1, -0.05) is 0 Å². The summed E-state index contributed by atoms with van der Waals surface area (Å²) < 4.78 is 2.03. The van der Waals surface area contributed by atoms with Crippen LogP contribution >= 0.6 is 0 Å². The van der Waals surface area contributed by atoms with Crippen molar-refractivity contribution in [3.8, 4) is 0 Å². The third-order valence-electron chi connectivity index (χ3n) is 3.28. The molecule has 1 aliphatic carbocycles. The van der Waals surface area contributed by atoms with Gasteiger partial charge in [-0.25, -0.2) is 15.0 Å². The summed E-state index contributed by atoms with van der Waals surface area (Å²) in [4.78, 5) is 12.4. The zero-order valence-electron chi connectivity index (χ0n) is 8.87. The van der Waals surface area contributed by atoms with Gasteiger partial charge in [-0.2, -0.15) is 0 Å². The Kier molecular flexibility index (Phi) is 2.03. The lowest BCUT2D eigenvalue weighted by atomic mass is 10.2. The number of imidazole rings is 1. The third-order valence-corrected chi connectivity index (χ3v) is 3.28. The highest BCUT2D eigenvalue weighted by atomic mass is 15.2. The second-order valence-electron chi connectivity index (χ2n) is 4.25. The molecule has 0 radical (unpaired) electrons. The van der Waals surface area contributed by atoms with E-state index < -0.39 is 0 Å². The average Bonchev–Trinajstić information content (AvgIpc) is 2.84. The molecule has 1 saturated carbocycles. The highest BCUT2D eigenvalue weighted by Crippen LogP contribution is 2.31. The Morgan fingerprint density at radius 3 is 2.88 bits per heavy atom. The Labute approximate surface area is 92.7 Å². The zero-order chi connectivity index (χ0) is 11.1. The van der Waals surface area contributed by atoms with E-state index in [4.69, 9.17) is 11.5 Å². The van der Waals surface area contributed by atoms with Crippen molar-refractivity contribution in [2.75, 3.05) is 5.73 Å². The van der Waals surface area contributed by atoms with Crippen molar-refractivity contribution in [1.29, 1.82) is 0 Å². The van der Waals surface area contributed by atoms with Gasteiger partial charge in [-0.3, -0.25) is 0 Å². The maximum absolute atomic E-state index is 6.08. The molecule has 0 aliphatic heterocycles. The van der Waals surface area contributed by atoms with Crippen molar-refractivity contribution in [3.63, 3.8) is 0 Å². The molecule has 3 rings (SSSR count). The van der Waals surface area contributed by atoms with Crippen LogP contribution in [0.2, 0.25) is 0 Å². The number of nitrogens with zero attached hydrogens (tertiary/aromatic N) is 4. The molecule has 1 fully saturated rings. The van der Waals surface area contributed by atoms with E-state index in [1.165, 1.54) is 6.33 Å². The molecule has 2 aromatic rings. The van der Waals surface area contributed by atoms with E-state index in [9.17, 15) is 0 Å². The number of nitrogen functional groups attached to an aromatic ring is 1. The summed E-state index contributed by atoms with van der Waals surface area (Å²) in [7, 11) is 0. The van der Waals surface area contributed by atoms with Gasteiger partial charge in [0.05, 0.1) is 12.4 Å². The molecule has 1 aliphatic rings. The quantitative estimate of drug-likeness (QED) is 0.725. The lowest BCUT2D eigenvalue weighted by molar-refractivity contribution is 0.470. The maximum atomic E-state index is 6.08. The molecule has 2 heterocycles. The smallest absolute Gasteiger partial charge is 0.165 e. The van der Waals surface area contributed by atoms with Gasteiger partial charge in [0, 0.05) is 6.04 Å². The molecule has 0 unspecified atom stereocenters. The molecule has 0 bridgehead atoms. The first-order chi connectivity index (χ1) is 7.77. The van der Waals surface area contributed by atoms with Gasteiger partial charge >= 0.3 is 0 Å². The molecule has 6 nitrogen and oxygen atoms in total. The van der Waals surface area contributed by atoms with Crippen molar-refractivity contribution in [2.24, 2.45) is 5.73 Å². The fourth-order valence-electron chi connectivity index (χ4n) is 2.43. The lowest BCUT2D eigenvalue weighted by Crippen LogP contribution is -2.26. The fraction of sp³-hybridized carbons (Fsp3) is 0.500. The van der Waals surface area contributed by atoms with Crippen LogP contribution in [0.25, 0.3) is 11.2 Å². The number of anilines is 1. The minimum Gasteiger partial charge on any atom is -0.382 e. The molecule has 4 N–H and O–H groups in total. The van der Waals surface area contributed by atoms with E-state index in [2.05, 4.69) is 15.0 Å². The van der Waals surface area contributed by atoms with Gasteiger partial charge in [-0.15, -0.1) is 0 Å². The van der Waals surface area contributed by atoms with E-state index in [1.54, 1.807) is 6.33 Å². The first-order valence-corrected chi connectivity index (χ1v) is 5.46. The van der Waals surface area contributed by atoms with E-state index in [0.717, 1.165) is 24.9 Å². The lowest BCUT2D eigenvalue weighted by Gasteiger charge is -2.17. The maximum Gasteiger partial charge on any atom is 0.165 e. The number of rotatable bonds is 1. The number of nitrogens with two attached hydrogens (primary N) is 2. The first kappa shape index (κ1) is 9.53. The van der Waals surface area contributed by atoms with Crippen molar-refractivity contribution in [3.05, 3.63) is 12.7 Å².